The van der Waals surface area contributed by atoms with Crippen LogP contribution in [-0.4, -0.2) is 38.2 Å². The van der Waals surface area contributed by atoms with Crippen molar-refractivity contribution in [1.29, 1.82) is 0 Å². The molecule has 0 spiro atoms. The van der Waals surface area contributed by atoms with Crippen LogP contribution in [0, 0.1) is 0 Å². The number of nitrogens with zero attached hydrogens (tertiary/aromatic N) is 2. The highest BCUT2D eigenvalue weighted by molar-refractivity contribution is 7.90. The predicted molar refractivity (Wildman–Crippen MR) is 132 cm³/mol. The first-order chi connectivity index (χ1) is 16.5. The summed E-state index contributed by atoms with van der Waals surface area (Å²) in [4.78, 5) is 15.2. The number of likely N-dealkylation sites (tertiary alicyclic amines) is 1. The third-order valence-electron chi connectivity index (χ3n) is 6.12. The lowest BCUT2D eigenvalue weighted by molar-refractivity contribution is 0.0951. The average molecular weight is 475 g/mol. The van der Waals surface area contributed by atoms with Gasteiger partial charge in [-0.1, -0.05) is 36.4 Å². The molecule has 1 fully saturated rings. The number of sulfonamides is 1. The van der Waals surface area contributed by atoms with Crippen molar-refractivity contribution in [2.24, 2.45) is 4.40 Å². The van der Waals surface area contributed by atoms with Crippen molar-refractivity contribution in [3.63, 3.8) is 0 Å². The molecule has 2 heterocycles. The molecule has 34 heavy (non-hydrogen) atoms. The summed E-state index contributed by atoms with van der Waals surface area (Å²) < 4.78 is 28.2. The summed E-state index contributed by atoms with van der Waals surface area (Å²) in [5.74, 6) is 0.111. The summed E-state index contributed by atoms with van der Waals surface area (Å²) in [6, 6.07) is 21.9. The van der Waals surface area contributed by atoms with E-state index in [0.717, 1.165) is 12.1 Å². The van der Waals surface area contributed by atoms with Crippen LogP contribution in [0.2, 0.25) is 0 Å². The SMILES string of the molecule is O=C(NCc1ccc(CN2CCCC2)cc1)c1ccc(NC2=NS(=O)(=O)c3ccccc32)cc1. The van der Waals surface area contributed by atoms with Gasteiger partial charge in [-0.2, -0.15) is 8.42 Å². The number of amidine groups is 1. The molecule has 0 unspecified atom stereocenters. The van der Waals surface area contributed by atoms with Crippen LogP contribution >= 0.6 is 0 Å². The highest BCUT2D eigenvalue weighted by Crippen LogP contribution is 2.26. The van der Waals surface area contributed by atoms with Crippen molar-refractivity contribution < 1.29 is 13.2 Å². The molecule has 1 amide bonds. The van der Waals surface area contributed by atoms with E-state index >= 15 is 0 Å². The average Bonchev–Trinajstić information content (AvgIpc) is 3.45. The predicted octanol–water partition coefficient (Wildman–Crippen LogP) is 3.77. The second-order valence-electron chi connectivity index (χ2n) is 8.60. The summed E-state index contributed by atoms with van der Waals surface area (Å²) in [5.41, 5.74) is 4.06. The van der Waals surface area contributed by atoms with Gasteiger partial charge < -0.3 is 10.6 Å². The van der Waals surface area contributed by atoms with E-state index in [-0.39, 0.29) is 16.6 Å². The standard InChI is InChI=1S/C26H26N4O3S/c31-26(27-17-19-7-9-20(10-8-19)18-30-15-3-4-16-30)21-11-13-22(14-12-21)28-25-23-5-1-2-6-24(23)34(32,33)29-25/h1-2,5-14H,3-4,15-18H2,(H,27,31)(H,28,29). The van der Waals surface area contributed by atoms with E-state index in [9.17, 15) is 13.2 Å². The van der Waals surface area contributed by atoms with Crippen LogP contribution in [0.4, 0.5) is 5.69 Å². The Hall–Kier alpha value is -3.49. The molecule has 1 saturated heterocycles. The van der Waals surface area contributed by atoms with Gasteiger partial charge in [-0.05, 0) is 73.5 Å². The minimum absolute atomic E-state index is 0.168. The molecule has 0 saturated carbocycles. The van der Waals surface area contributed by atoms with Gasteiger partial charge in [0.25, 0.3) is 15.9 Å². The first-order valence-corrected chi connectivity index (χ1v) is 12.8. The Morgan fingerprint density at radius 2 is 1.56 bits per heavy atom. The zero-order valence-electron chi connectivity index (χ0n) is 18.7. The molecule has 3 aromatic carbocycles. The second-order valence-corrected chi connectivity index (χ2v) is 10.2. The molecule has 2 aliphatic rings. The van der Waals surface area contributed by atoms with Crippen LogP contribution in [0.1, 0.15) is 39.9 Å². The monoisotopic (exact) mass is 474 g/mol. The molecular weight excluding hydrogens is 448 g/mol. The van der Waals surface area contributed by atoms with E-state index in [0.29, 0.717) is 23.4 Å². The molecule has 174 valence electrons. The van der Waals surface area contributed by atoms with Crippen LogP contribution in [0.3, 0.4) is 0 Å². The van der Waals surface area contributed by atoms with Crippen molar-refractivity contribution in [2.45, 2.75) is 30.8 Å². The number of anilines is 1. The smallest absolute Gasteiger partial charge is 0.285 e. The highest BCUT2D eigenvalue weighted by atomic mass is 32.2. The van der Waals surface area contributed by atoms with Gasteiger partial charge in [-0.25, -0.2) is 0 Å². The molecule has 0 radical (unpaired) electrons. The second kappa shape index (κ2) is 9.40. The van der Waals surface area contributed by atoms with Crippen molar-refractivity contribution >= 4 is 27.5 Å². The summed E-state index contributed by atoms with van der Waals surface area (Å²) >= 11 is 0. The lowest BCUT2D eigenvalue weighted by atomic mass is 10.1. The summed E-state index contributed by atoms with van der Waals surface area (Å²) in [6.07, 6.45) is 2.57. The Morgan fingerprint density at radius 3 is 2.29 bits per heavy atom. The molecule has 5 rings (SSSR count). The lowest BCUT2D eigenvalue weighted by Gasteiger charge is -2.14. The zero-order chi connectivity index (χ0) is 23.5. The molecule has 7 nitrogen and oxygen atoms in total. The number of rotatable bonds is 6. The summed E-state index contributed by atoms with van der Waals surface area (Å²) in [5, 5.41) is 5.99. The summed E-state index contributed by atoms with van der Waals surface area (Å²) in [6.45, 7) is 3.78. The fraction of sp³-hybridized carbons (Fsp3) is 0.231. The first kappa shape index (κ1) is 22.3. The van der Waals surface area contributed by atoms with E-state index in [1.807, 2.05) is 0 Å². The van der Waals surface area contributed by atoms with Gasteiger partial charge in [-0.3, -0.25) is 9.69 Å². The van der Waals surface area contributed by atoms with Crippen LogP contribution in [-0.2, 0) is 23.1 Å². The number of hydrogen-bond acceptors (Lipinski definition) is 5. The lowest BCUT2D eigenvalue weighted by Crippen LogP contribution is -2.23. The molecule has 0 aromatic heterocycles. The minimum atomic E-state index is -3.68. The van der Waals surface area contributed by atoms with Crippen LogP contribution in [0.5, 0.6) is 0 Å². The van der Waals surface area contributed by atoms with Gasteiger partial charge in [0.2, 0.25) is 0 Å². The minimum Gasteiger partial charge on any atom is -0.348 e. The molecule has 0 atom stereocenters. The Labute approximate surface area is 199 Å². The van der Waals surface area contributed by atoms with E-state index in [1.165, 1.54) is 37.6 Å². The van der Waals surface area contributed by atoms with Crippen molar-refractivity contribution in [3.05, 3.63) is 95.1 Å². The van der Waals surface area contributed by atoms with Crippen LogP contribution in [0.25, 0.3) is 0 Å². The van der Waals surface area contributed by atoms with Gasteiger partial charge in [0.1, 0.15) is 4.90 Å². The first-order valence-electron chi connectivity index (χ1n) is 11.4. The number of nitrogens with one attached hydrogen (secondary N) is 2. The van der Waals surface area contributed by atoms with Gasteiger partial charge >= 0.3 is 0 Å². The maximum absolute atomic E-state index is 12.6. The van der Waals surface area contributed by atoms with Crippen LogP contribution in [0.15, 0.2) is 82.1 Å². The Balaban J connectivity index is 1.17. The molecule has 2 N–H and O–H groups in total. The fourth-order valence-electron chi connectivity index (χ4n) is 4.28. The molecule has 8 heteroatoms. The normalized spacial score (nSPS) is 16.6. The van der Waals surface area contributed by atoms with E-state index in [2.05, 4.69) is 44.2 Å². The van der Waals surface area contributed by atoms with Crippen molar-refractivity contribution in [1.82, 2.24) is 10.2 Å². The number of carbonyl (C=O) groups is 1. The topological polar surface area (TPSA) is 90.9 Å². The van der Waals surface area contributed by atoms with Crippen molar-refractivity contribution in [2.75, 3.05) is 18.4 Å². The number of benzene rings is 3. The number of carbonyl (C=O) groups excluding carboxylic acids is 1. The largest absolute Gasteiger partial charge is 0.348 e. The Morgan fingerprint density at radius 1 is 0.882 bits per heavy atom. The molecule has 0 bridgehead atoms. The molecule has 0 aliphatic carbocycles. The summed E-state index contributed by atoms with van der Waals surface area (Å²) in [7, 11) is -3.68. The number of amides is 1. The highest BCUT2D eigenvalue weighted by Gasteiger charge is 2.28. The van der Waals surface area contributed by atoms with Gasteiger partial charge in [0, 0.05) is 29.9 Å². The fourth-order valence-corrected chi connectivity index (χ4v) is 5.46. The quantitative estimate of drug-likeness (QED) is 0.568. The number of hydrogen-bond donors (Lipinski definition) is 2. The molecular formula is C26H26N4O3S. The van der Waals surface area contributed by atoms with Gasteiger partial charge in [0.15, 0.2) is 5.84 Å². The third kappa shape index (κ3) is 4.88. The van der Waals surface area contributed by atoms with E-state index < -0.39 is 10.0 Å². The Bertz CT molecular complexity index is 1330. The van der Waals surface area contributed by atoms with E-state index in [1.54, 1.807) is 42.5 Å². The maximum Gasteiger partial charge on any atom is 0.285 e. The maximum atomic E-state index is 12.6. The molecule has 2 aliphatic heterocycles. The Kier molecular flexibility index (Phi) is 6.17. The van der Waals surface area contributed by atoms with E-state index in [4.69, 9.17) is 0 Å². The van der Waals surface area contributed by atoms with Crippen LogP contribution < -0.4 is 10.6 Å². The zero-order valence-corrected chi connectivity index (χ0v) is 19.5. The van der Waals surface area contributed by atoms with Gasteiger partial charge in [-0.15, -0.1) is 4.40 Å². The van der Waals surface area contributed by atoms with Crippen molar-refractivity contribution in [3.8, 4) is 0 Å². The van der Waals surface area contributed by atoms with Gasteiger partial charge in [0.05, 0.1) is 0 Å². The molecule has 3 aromatic rings. The number of fused-ring (bicyclic) bond motifs is 1. The third-order valence-corrected chi connectivity index (χ3v) is 7.46.